The van der Waals surface area contributed by atoms with Crippen LogP contribution in [0.25, 0.3) is 0 Å². The predicted molar refractivity (Wildman–Crippen MR) is 80.3 cm³/mol. The molecule has 1 aromatic carbocycles. The lowest BCUT2D eigenvalue weighted by molar-refractivity contribution is 0.192. The molecule has 4 N–H and O–H groups in total. The Morgan fingerprint density at radius 3 is 2.35 bits per heavy atom. The summed E-state index contributed by atoms with van der Waals surface area (Å²) in [4.78, 5) is 2.34. The van der Waals surface area contributed by atoms with E-state index in [0.717, 1.165) is 44.0 Å². The third-order valence-corrected chi connectivity index (χ3v) is 3.76. The minimum atomic E-state index is 0.198. The SMILES string of the molecule is COc1ccc(CCN2CC(N)CC(N)C2)cc1OC. The van der Waals surface area contributed by atoms with Crippen molar-refractivity contribution in [1.82, 2.24) is 4.90 Å². The minimum Gasteiger partial charge on any atom is -0.493 e. The number of nitrogens with two attached hydrogens (primary N) is 2. The predicted octanol–water partition coefficient (Wildman–Crippen LogP) is 0.607. The zero-order valence-corrected chi connectivity index (χ0v) is 12.3. The van der Waals surface area contributed by atoms with E-state index in [2.05, 4.69) is 11.0 Å². The summed E-state index contributed by atoms with van der Waals surface area (Å²) in [5.74, 6) is 1.54. The molecule has 0 saturated carbocycles. The summed E-state index contributed by atoms with van der Waals surface area (Å²) >= 11 is 0. The Balaban J connectivity index is 1.93. The second-order valence-electron chi connectivity index (χ2n) is 5.45. The number of methoxy groups -OCH3 is 2. The maximum atomic E-state index is 6.01. The van der Waals surface area contributed by atoms with Crippen LogP contribution in [0.1, 0.15) is 12.0 Å². The lowest BCUT2D eigenvalue weighted by atomic mass is 10.0. The largest absolute Gasteiger partial charge is 0.493 e. The van der Waals surface area contributed by atoms with Crippen LogP contribution in [0.4, 0.5) is 0 Å². The molecule has 5 heteroatoms. The lowest BCUT2D eigenvalue weighted by Gasteiger charge is -2.34. The van der Waals surface area contributed by atoms with Gasteiger partial charge in [0, 0.05) is 31.7 Å². The van der Waals surface area contributed by atoms with Crippen molar-refractivity contribution in [3.63, 3.8) is 0 Å². The zero-order chi connectivity index (χ0) is 14.5. The van der Waals surface area contributed by atoms with Gasteiger partial charge >= 0.3 is 0 Å². The van der Waals surface area contributed by atoms with Crippen molar-refractivity contribution < 1.29 is 9.47 Å². The molecule has 2 atom stereocenters. The second-order valence-corrected chi connectivity index (χ2v) is 5.45. The average Bonchev–Trinajstić information content (AvgIpc) is 2.43. The monoisotopic (exact) mass is 279 g/mol. The topological polar surface area (TPSA) is 73.7 Å². The first-order valence-electron chi connectivity index (χ1n) is 7.06. The van der Waals surface area contributed by atoms with Crippen molar-refractivity contribution in [1.29, 1.82) is 0 Å². The van der Waals surface area contributed by atoms with Crippen LogP contribution >= 0.6 is 0 Å². The molecular weight excluding hydrogens is 254 g/mol. The van der Waals surface area contributed by atoms with Crippen LogP contribution in [0.2, 0.25) is 0 Å². The zero-order valence-electron chi connectivity index (χ0n) is 12.3. The molecule has 1 saturated heterocycles. The van der Waals surface area contributed by atoms with Gasteiger partial charge in [-0.2, -0.15) is 0 Å². The molecule has 0 amide bonds. The van der Waals surface area contributed by atoms with E-state index in [9.17, 15) is 0 Å². The van der Waals surface area contributed by atoms with Crippen LogP contribution in [0.15, 0.2) is 18.2 Å². The third kappa shape index (κ3) is 3.85. The van der Waals surface area contributed by atoms with Crippen LogP contribution in [-0.4, -0.2) is 50.8 Å². The quantitative estimate of drug-likeness (QED) is 0.826. The first-order chi connectivity index (χ1) is 9.62. The Labute approximate surface area is 120 Å². The van der Waals surface area contributed by atoms with Crippen molar-refractivity contribution >= 4 is 0 Å². The van der Waals surface area contributed by atoms with Gasteiger partial charge in [-0.05, 0) is 30.5 Å². The summed E-state index contributed by atoms with van der Waals surface area (Å²) in [5, 5.41) is 0. The van der Waals surface area contributed by atoms with Gasteiger partial charge in [-0.1, -0.05) is 6.07 Å². The van der Waals surface area contributed by atoms with Crippen LogP contribution in [0, 0.1) is 0 Å². The van der Waals surface area contributed by atoms with E-state index < -0.39 is 0 Å². The van der Waals surface area contributed by atoms with Crippen molar-refractivity contribution in [3.8, 4) is 11.5 Å². The number of ether oxygens (including phenoxy) is 2. The van der Waals surface area contributed by atoms with Crippen LogP contribution in [0.5, 0.6) is 11.5 Å². The number of hydrogen-bond acceptors (Lipinski definition) is 5. The van der Waals surface area contributed by atoms with Gasteiger partial charge in [0.05, 0.1) is 14.2 Å². The second kappa shape index (κ2) is 6.92. The van der Waals surface area contributed by atoms with Gasteiger partial charge in [0.25, 0.3) is 0 Å². The molecule has 20 heavy (non-hydrogen) atoms. The number of rotatable bonds is 5. The highest BCUT2D eigenvalue weighted by Crippen LogP contribution is 2.27. The van der Waals surface area contributed by atoms with E-state index in [4.69, 9.17) is 20.9 Å². The van der Waals surface area contributed by atoms with Crippen molar-refractivity contribution in [2.24, 2.45) is 11.5 Å². The van der Waals surface area contributed by atoms with Crippen molar-refractivity contribution in [2.45, 2.75) is 24.9 Å². The summed E-state index contributed by atoms with van der Waals surface area (Å²) in [6.07, 6.45) is 1.88. The lowest BCUT2D eigenvalue weighted by Crippen LogP contribution is -2.52. The fourth-order valence-corrected chi connectivity index (χ4v) is 2.78. The summed E-state index contributed by atoms with van der Waals surface area (Å²) in [7, 11) is 3.30. The Kier molecular flexibility index (Phi) is 5.23. The van der Waals surface area contributed by atoms with E-state index in [-0.39, 0.29) is 12.1 Å². The number of benzene rings is 1. The van der Waals surface area contributed by atoms with Crippen molar-refractivity contribution in [2.75, 3.05) is 33.9 Å². The van der Waals surface area contributed by atoms with E-state index in [1.807, 2.05) is 12.1 Å². The standard InChI is InChI=1S/C15H25N3O2/c1-19-14-4-3-11(7-15(14)20-2)5-6-18-9-12(16)8-13(17)10-18/h3-4,7,12-13H,5-6,8-10,16-17H2,1-2H3. The number of likely N-dealkylation sites (tertiary alicyclic amines) is 1. The summed E-state index contributed by atoms with van der Waals surface area (Å²) in [6, 6.07) is 6.45. The van der Waals surface area contributed by atoms with Gasteiger partial charge in [0.1, 0.15) is 0 Å². The van der Waals surface area contributed by atoms with Gasteiger partial charge in [-0.15, -0.1) is 0 Å². The smallest absolute Gasteiger partial charge is 0.160 e. The van der Waals surface area contributed by atoms with E-state index in [1.54, 1.807) is 14.2 Å². The van der Waals surface area contributed by atoms with Gasteiger partial charge in [0.15, 0.2) is 11.5 Å². The molecule has 0 spiro atoms. The summed E-state index contributed by atoms with van der Waals surface area (Å²) < 4.78 is 10.6. The molecule has 0 radical (unpaired) electrons. The molecule has 2 unspecified atom stereocenters. The molecule has 1 fully saturated rings. The Morgan fingerprint density at radius 2 is 1.75 bits per heavy atom. The highest BCUT2D eigenvalue weighted by Gasteiger charge is 2.22. The third-order valence-electron chi connectivity index (χ3n) is 3.76. The van der Waals surface area contributed by atoms with E-state index in [1.165, 1.54) is 5.56 Å². The van der Waals surface area contributed by atoms with E-state index in [0.29, 0.717) is 0 Å². The van der Waals surface area contributed by atoms with Crippen LogP contribution < -0.4 is 20.9 Å². The fourth-order valence-electron chi connectivity index (χ4n) is 2.78. The van der Waals surface area contributed by atoms with Gasteiger partial charge in [-0.3, -0.25) is 4.90 Å². The Hall–Kier alpha value is -1.30. The molecule has 1 aromatic rings. The maximum absolute atomic E-state index is 6.01. The molecule has 5 nitrogen and oxygen atoms in total. The van der Waals surface area contributed by atoms with Gasteiger partial charge in [0.2, 0.25) is 0 Å². The average molecular weight is 279 g/mol. The highest BCUT2D eigenvalue weighted by atomic mass is 16.5. The molecule has 1 aliphatic rings. The molecule has 2 rings (SSSR count). The normalized spacial score (nSPS) is 23.6. The van der Waals surface area contributed by atoms with Crippen molar-refractivity contribution in [3.05, 3.63) is 23.8 Å². The molecular formula is C15H25N3O2. The van der Waals surface area contributed by atoms with E-state index >= 15 is 0 Å². The molecule has 0 aromatic heterocycles. The molecule has 1 aliphatic heterocycles. The summed E-state index contributed by atoms with van der Waals surface area (Å²) in [5.41, 5.74) is 13.3. The maximum Gasteiger partial charge on any atom is 0.160 e. The Morgan fingerprint density at radius 1 is 1.10 bits per heavy atom. The van der Waals surface area contributed by atoms with Crippen LogP contribution in [0.3, 0.4) is 0 Å². The fraction of sp³-hybridized carbons (Fsp3) is 0.600. The Bertz CT molecular complexity index is 429. The first kappa shape index (κ1) is 15.1. The molecule has 112 valence electrons. The highest BCUT2D eigenvalue weighted by molar-refractivity contribution is 5.42. The van der Waals surface area contributed by atoms with Gasteiger partial charge < -0.3 is 20.9 Å². The minimum absolute atomic E-state index is 0.198. The molecule has 1 heterocycles. The number of nitrogens with zero attached hydrogens (tertiary/aromatic N) is 1. The van der Waals surface area contributed by atoms with Gasteiger partial charge in [-0.25, -0.2) is 0 Å². The number of piperidine rings is 1. The molecule has 0 bridgehead atoms. The summed E-state index contributed by atoms with van der Waals surface area (Å²) in [6.45, 7) is 2.83. The van der Waals surface area contributed by atoms with Crippen LogP contribution in [-0.2, 0) is 6.42 Å². The number of hydrogen-bond donors (Lipinski definition) is 2. The molecule has 0 aliphatic carbocycles. The first-order valence-corrected chi connectivity index (χ1v) is 7.06.